The van der Waals surface area contributed by atoms with Crippen molar-refractivity contribution in [1.29, 1.82) is 0 Å². The summed E-state index contributed by atoms with van der Waals surface area (Å²) >= 11 is 0. The van der Waals surface area contributed by atoms with Crippen molar-refractivity contribution in [3.63, 3.8) is 0 Å². The van der Waals surface area contributed by atoms with E-state index in [9.17, 15) is 13.2 Å². The summed E-state index contributed by atoms with van der Waals surface area (Å²) in [6.07, 6.45) is -2.19. The van der Waals surface area contributed by atoms with E-state index < -0.39 is 11.7 Å². The zero-order valence-electron chi connectivity index (χ0n) is 18.1. The molecule has 3 aromatic rings. The molecule has 1 aliphatic carbocycles. The zero-order chi connectivity index (χ0) is 23.1. The van der Waals surface area contributed by atoms with Crippen molar-refractivity contribution in [3.8, 4) is 17.1 Å². The SMILES string of the molecule is Cc1ccccc1-c1nc(ONc2cccc(N3CCNC4(CC4)C3)n2)ccc1C(F)(F)F. The van der Waals surface area contributed by atoms with Crippen molar-refractivity contribution in [1.82, 2.24) is 15.3 Å². The van der Waals surface area contributed by atoms with Gasteiger partial charge in [-0.3, -0.25) is 0 Å². The lowest BCUT2D eigenvalue weighted by Crippen LogP contribution is -2.52. The number of hydrogen-bond acceptors (Lipinski definition) is 6. The molecule has 1 saturated carbocycles. The maximum atomic E-state index is 13.6. The average molecular weight is 455 g/mol. The van der Waals surface area contributed by atoms with Crippen LogP contribution in [0.4, 0.5) is 24.8 Å². The highest BCUT2D eigenvalue weighted by Crippen LogP contribution is 2.39. The van der Waals surface area contributed by atoms with Gasteiger partial charge in [0.05, 0.1) is 11.3 Å². The molecule has 6 nitrogen and oxygen atoms in total. The Kier molecular flexibility index (Phi) is 5.36. The largest absolute Gasteiger partial charge is 0.418 e. The minimum Gasteiger partial charge on any atom is -0.360 e. The van der Waals surface area contributed by atoms with Crippen molar-refractivity contribution in [2.45, 2.75) is 31.5 Å². The number of anilines is 2. The number of hydrogen-bond donors (Lipinski definition) is 2. The summed E-state index contributed by atoms with van der Waals surface area (Å²) in [5, 5.41) is 3.57. The monoisotopic (exact) mass is 455 g/mol. The van der Waals surface area contributed by atoms with Gasteiger partial charge in [0, 0.05) is 36.8 Å². The smallest absolute Gasteiger partial charge is 0.360 e. The van der Waals surface area contributed by atoms with E-state index in [1.54, 1.807) is 37.3 Å². The van der Waals surface area contributed by atoms with Gasteiger partial charge in [-0.05, 0) is 43.5 Å². The summed E-state index contributed by atoms with van der Waals surface area (Å²) in [6.45, 7) is 4.43. The van der Waals surface area contributed by atoms with Gasteiger partial charge in [0.1, 0.15) is 5.82 Å². The lowest BCUT2D eigenvalue weighted by molar-refractivity contribution is -0.137. The Labute approximate surface area is 189 Å². The molecule has 2 aromatic heterocycles. The van der Waals surface area contributed by atoms with Crippen LogP contribution in [0.15, 0.2) is 54.6 Å². The predicted octanol–water partition coefficient (Wildman–Crippen LogP) is 4.82. The van der Waals surface area contributed by atoms with Crippen LogP contribution in [0.25, 0.3) is 11.3 Å². The van der Waals surface area contributed by atoms with Crippen LogP contribution in [0.1, 0.15) is 24.0 Å². The number of aryl methyl sites for hydroxylation is 1. The van der Waals surface area contributed by atoms with Crippen LogP contribution in [0.5, 0.6) is 5.88 Å². The van der Waals surface area contributed by atoms with E-state index in [1.807, 2.05) is 12.1 Å². The number of halogens is 3. The van der Waals surface area contributed by atoms with Crippen molar-refractivity contribution < 1.29 is 18.0 Å². The summed E-state index contributed by atoms with van der Waals surface area (Å²) in [5.41, 5.74) is 3.07. The summed E-state index contributed by atoms with van der Waals surface area (Å²) in [5.74, 6) is 1.31. The first kappa shape index (κ1) is 21.5. The normalized spacial score (nSPS) is 17.2. The van der Waals surface area contributed by atoms with Gasteiger partial charge < -0.3 is 15.1 Å². The number of alkyl halides is 3. The van der Waals surface area contributed by atoms with Gasteiger partial charge >= 0.3 is 6.18 Å². The van der Waals surface area contributed by atoms with Gasteiger partial charge in [-0.2, -0.15) is 13.2 Å². The molecule has 1 saturated heterocycles. The predicted molar refractivity (Wildman–Crippen MR) is 120 cm³/mol. The van der Waals surface area contributed by atoms with Crippen LogP contribution in [-0.2, 0) is 6.18 Å². The number of rotatable bonds is 5. The highest BCUT2D eigenvalue weighted by Gasteiger charge is 2.45. The minimum atomic E-state index is -4.53. The van der Waals surface area contributed by atoms with Crippen LogP contribution in [0, 0.1) is 6.92 Å². The Bertz CT molecular complexity index is 1160. The fourth-order valence-corrected chi connectivity index (χ4v) is 4.17. The molecule has 9 heteroatoms. The average Bonchev–Trinajstić information content (AvgIpc) is 3.55. The summed E-state index contributed by atoms with van der Waals surface area (Å²) in [4.78, 5) is 16.6. The van der Waals surface area contributed by atoms with Crippen molar-refractivity contribution in [2.75, 3.05) is 30.0 Å². The molecule has 0 bridgehead atoms. The molecule has 2 aliphatic rings. The molecule has 5 rings (SSSR count). The summed E-state index contributed by atoms with van der Waals surface area (Å²) < 4.78 is 40.8. The van der Waals surface area contributed by atoms with Crippen LogP contribution >= 0.6 is 0 Å². The summed E-state index contributed by atoms with van der Waals surface area (Å²) in [6, 6.07) is 14.6. The molecule has 33 heavy (non-hydrogen) atoms. The second-order valence-electron chi connectivity index (χ2n) is 8.57. The Hall–Kier alpha value is -3.33. The first-order chi connectivity index (χ1) is 15.8. The van der Waals surface area contributed by atoms with E-state index in [4.69, 9.17) is 4.84 Å². The molecule has 3 heterocycles. The molecule has 0 unspecified atom stereocenters. The van der Waals surface area contributed by atoms with Crippen LogP contribution in [-0.4, -0.2) is 35.1 Å². The second-order valence-corrected chi connectivity index (χ2v) is 8.57. The molecule has 0 radical (unpaired) electrons. The number of benzene rings is 1. The molecular weight excluding hydrogens is 431 g/mol. The fourth-order valence-electron chi connectivity index (χ4n) is 4.17. The summed E-state index contributed by atoms with van der Waals surface area (Å²) in [7, 11) is 0. The molecule has 172 valence electrons. The third-order valence-corrected chi connectivity index (χ3v) is 6.12. The molecule has 1 aliphatic heterocycles. The number of aromatic nitrogens is 2. The van der Waals surface area contributed by atoms with Crippen molar-refractivity contribution in [2.24, 2.45) is 0 Å². The Morgan fingerprint density at radius 2 is 1.85 bits per heavy atom. The van der Waals surface area contributed by atoms with E-state index in [-0.39, 0.29) is 17.1 Å². The van der Waals surface area contributed by atoms with E-state index in [2.05, 4.69) is 25.7 Å². The van der Waals surface area contributed by atoms with Gasteiger partial charge in [0.2, 0.25) is 5.88 Å². The standard InChI is InChI=1S/C24H24F3N5O/c1-16-5-2-3-6-17(16)22-18(24(25,26)27)9-10-21(30-22)33-31-19-7-4-8-20(29-19)32-14-13-28-23(15-32)11-12-23/h2-10,28H,11-15H2,1H3,(H,29,31). The maximum absolute atomic E-state index is 13.6. The van der Waals surface area contributed by atoms with Crippen LogP contribution in [0.3, 0.4) is 0 Å². The Morgan fingerprint density at radius 1 is 1.03 bits per heavy atom. The fraction of sp³-hybridized carbons (Fsp3) is 0.333. The topological polar surface area (TPSA) is 62.3 Å². The van der Waals surface area contributed by atoms with E-state index >= 15 is 0 Å². The van der Waals surface area contributed by atoms with Gasteiger partial charge in [-0.1, -0.05) is 30.3 Å². The van der Waals surface area contributed by atoms with Crippen LogP contribution < -0.4 is 20.5 Å². The molecular formula is C24H24F3N5O. The number of piperazine rings is 1. The highest BCUT2D eigenvalue weighted by molar-refractivity contribution is 5.68. The molecule has 1 aromatic carbocycles. The van der Waals surface area contributed by atoms with E-state index in [0.29, 0.717) is 16.9 Å². The zero-order valence-corrected chi connectivity index (χ0v) is 18.1. The van der Waals surface area contributed by atoms with Crippen molar-refractivity contribution >= 4 is 11.6 Å². The first-order valence-electron chi connectivity index (χ1n) is 10.9. The van der Waals surface area contributed by atoms with Gasteiger partial charge in [0.15, 0.2) is 5.82 Å². The van der Waals surface area contributed by atoms with Gasteiger partial charge in [-0.15, -0.1) is 0 Å². The molecule has 1 spiro atoms. The third kappa shape index (κ3) is 4.59. The van der Waals surface area contributed by atoms with E-state index in [1.165, 1.54) is 18.9 Å². The lowest BCUT2D eigenvalue weighted by Gasteiger charge is -2.34. The maximum Gasteiger partial charge on any atom is 0.418 e. The molecule has 2 N–H and O–H groups in total. The number of nitrogens with zero attached hydrogens (tertiary/aromatic N) is 3. The van der Waals surface area contributed by atoms with Crippen LogP contribution in [0.2, 0.25) is 0 Å². The lowest BCUT2D eigenvalue weighted by atomic mass is 10.0. The minimum absolute atomic E-state index is 0.0209. The quantitative estimate of drug-likeness (QED) is 0.538. The highest BCUT2D eigenvalue weighted by atomic mass is 19.4. The molecule has 0 atom stereocenters. The molecule has 0 amide bonds. The first-order valence-corrected chi connectivity index (χ1v) is 10.9. The Balaban J connectivity index is 1.36. The van der Waals surface area contributed by atoms with Gasteiger partial charge in [0.25, 0.3) is 0 Å². The second kappa shape index (κ2) is 8.22. The Morgan fingerprint density at radius 3 is 2.61 bits per heavy atom. The van der Waals surface area contributed by atoms with E-state index in [0.717, 1.165) is 31.5 Å². The number of nitrogens with one attached hydrogen (secondary N) is 2. The number of pyridine rings is 2. The van der Waals surface area contributed by atoms with Gasteiger partial charge in [-0.25, -0.2) is 15.4 Å². The molecule has 2 fully saturated rings. The third-order valence-electron chi connectivity index (χ3n) is 6.12. The van der Waals surface area contributed by atoms with Crippen molar-refractivity contribution in [3.05, 3.63) is 65.7 Å².